The number of carbonyl (C=O) groups excluding carboxylic acids is 1. The number of nitrogens with zero attached hydrogens (tertiary/aromatic N) is 4. The molecule has 1 aliphatic carbocycles. The number of hydrogen-bond donors (Lipinski definition) is 0. The highest BCUT2D eigenvalue weighted by Crippen LogP contribution is 2.40. The van der Waals surface area contributed by atoms with Crippen LogP contribution in [-0.2, 0) is 4.74 Å². The van der Waals surface area contributed by atoms with Gasteiger partial charge >= 0.3 is 0 Å². The van der Waals surface area contributed by atoms with Gasteiger partial charge in [0.05, 0.1) is 18.1 Å². The summed E-state index contributed by atoms with van der Waals surface area (Å²) in [5.41, 5.74) is 1.50. The van der Waals surface area contributed by atoms with Gasteiger partial charge < -0.3 is 14.2 Å². The largest absolute Gasteiger partial charge is 0.384 e. The average molecular weight is 342 g/mol. The fourth-order valence-electron chi connectivity index (χ4n) is 3.38. The van der Waals surface area contributed by atoms with Crippen LogP contribution >= 0.6 is 0 Å². The van der Waals surface area contributed by atoms with Crippen molar-refractivity contribution in [1.29, 1.82) is 0 Å². The third-order valence-electron chi connectivity index (χ3n) is 4.98. The van der Waals surface area contributed by atoms with Crippen molar-refractivity contribution >= 4 is 5.91 Å². The van der Waals surface area contributed by atoms with Crippen molar-refractivity contribution in [3.8, 4) is 0 Å². The summed E-state index contributed by atoms with van der Waals surface area (Å²) in [5, 5.41) is 4.11. The molecule has 4 rings (SSSR count). The Morgan fingerprint density at radius 1 is 1.36 bits per heavy atom. The second-order valence-electron chi connectivity index (χ2n) is 6.99. The molecule has 1 amide bonds. The van der Waals surface area contributed by atoms with E-state index in [-0.39, 0.29) is 17.7 Å². The molecule has 132 valence electrons. The molecule has 1 saturated carbocycles. The Morgan fingerprint density at radius 2 is 2.20 bits per heavy atom. The highest BCUT2D eigenvalue weighted by atomic mass is 16.5. The average Bonchev–Trinajstić information content (AvgIpc) is 3.20. The lowest BCUT2D eigenvalue weighted by Crippen LogP contribution is -2.29. The minimum absolute atomic E-state index is 0.0157. The number of ether oxygens (including phenoxy) is 1. The first-order valence-electron chi connectivity index (χ1n) is 8.70. The molecule has 2 aromatic heterocycles. The first kappa shape index (κ1) is 16.2. The van der Waals surface area contributed by atoms with E-state index in [1.807, 2.05) is 24.0 Å². The van der Waals surface area contributed by atoms with Gasteiger partial charge in [0.1, 0.15) is 0 Å². The normalized spacial score (nSPS) is 23.2. The lowest BCUT2D eigenvalue weighted by molar-refractivity contribution is 0.0775. The van der Waals surface area contributed by atoms with Crippen LogP contribution in [0.25, 0.3) is 0 Å². The van der Waals surface area contributed by atoms with E-state index < -0.39 is 0 Å². The molecule has 7 heteroatoms. The number of methoxy groups -OCH3 is 1. The highest BCUT2D eigenvalue weighted by Gasteiger charge is 2.40. The fraction of sp³-hybridized carbons (Fsp3) is 0.556. The molecule has 2 aliphatic rings. The molecule has 0 spiro atoms. The number of carbonyl (C=O) groups is 1. The molecule has 1 saturated heterocycles. The monoisotopic (exact) mass is 342 g/mol. The Hall–Kier alpha value is -2.28. The molecule has 7 nitrogen and oxygen atoms in total. The van der Waals surface area contributed by atoms with Gasteiger partial charge in [-0.05, 0) is 31.9 Å². The number of aromatic nitrogens is 3. The van der Waals surface area contributed by atoms with Crippen LogP contribution in [0, 0.1) is 12.8 Å². The van der Waals surface area contributed by atoms with E-state index in [0.717, 1.165) is 24.4 Å². The Kier molecular flexibility index (Phi) is 4.25. The van der Waals surface area contributed by atoms with Gasteiger partial charge in [-0.25, -0.2) is 0 Å². The maximum Gasteiger partial charge on any atom is 0.255 e. The predicted octanol–water partition coefficient (Wildman–Crippen LogP) is 2.15. The second kappa shape index (κ2) is 6.55. The zero-order valence-electron chi connectivity index (χ0n) is 14.5. The lowest BCUT2D eigenvalue weighted by atomic mass is 9.97. The third kappa shape index (κ3) is 3.28. The maximum absolute atomic E-state index is 12.8. The quantitative estimate of drug-likeness (QED) is 0.828. The number of rotatable bonds is 5. The minimum atomic E-state index is -0.0157. The standard InChI is InChI=1S/C18H22N4O3/c1-11-3-4-13(7-19-11)18(23)22-8-14(10-24-2)15(9-22)17-20-16(21-25-17)12-5-6-12/h3-4,7,12,14-15H,5-6,8-10H2,1-2H3/t14-,15+/m0/s1. The highest BCUT2D eigenvalue weighted by molar-refractivity contribution is 5.94. The van der Waals surface area contributed by atoms with Crippen LogP contribution in [0.2, 0.25) is 0 Å². The Morgan fingerprint density at radius 3 is 2.88 bits per heavy atom. The summed E-state index contributed by atoms with van der Waals surface area (Å²) in [6, 6.07) is 3.68. The Labute approximate surface area is 146 Å². The topological polar surface area (TPSA) is 81.4 Å². The summed E-state index contributed by atoms with van der Waals surface area (Å²) in [4.78, 5) is 23.4. The van der Waals surface area contributed by atoms with Crippen molar-refractivity contribution in [2.24, 2.45) is 5.92 Å². The van der Waals surface area contributed by atoms with Gasteiger partial charge in [-0.15, -0.1) is 0 Å². The molecule has 0 aromatic carbocycles. The summed E-state index contributed by atoms with van der Waals surface area (Å²) in [5.74, 6) is 2.04. The lowest BCUT2D eigenvalue weighted by Gasteiger charge is -2.16. The smallest absolute Gasteiger partial charge is 0.255 e. The molecule has 2 aromatic rings. The zero-order valence-corrected chi connectivity index (χ0v) is 14.5. The fourth-order valence-corrected chi connectivity index (χ4v) is 3.38. The molecule has 2 atom stereocenters. The van der Waals surface area contributed by atoms with Gasteiger partial charge in [0.2, 0.25) is 5.89 Å². The van der Waals surface area contributed by atoms with Crippen LogP contribution in [-0.4, -0.2) is 52.7 Å². The van der Waals surface area contributed by atoms with Crippen molar-refractivity contribution in [3.63, 3.8) is 0 Å². The predicted molar refractivity (Wildman–Crippen MR) is 89.3 cm³/mol. The molecule has 25 heavy (non-hydrogen) atoms. The van der Waals surface area contributed by atoms with Gasteiger partial charge in [0.15, 0.2) is 5.82 Å². The van der Waals surface area contributed by atoms with Crippen LogP contribution in [0.4, 0.5) is 0 Å². The van der Waals surface area contributed by atoms with Crippen LogP contribution in [0.15, 0.2) is 22.9 Å². The molecule has 1 aliphatic heterocycles. The van der Waals surface area contributed by atoms with Gasteiger partial charge in [0.25, 0.3) is 5.91 Å². The molecule has 2 fully saturated rings. The van der Waals surface area contributed by atoms with Gasteiger partial charge in [0, 0.05) is 43.9 Å². The van der Waals surface area contributed by atoms with Gasteiger partial charge in [-0.2, -0.15) is 4.98 Å². The van der Waals surface area contributed by atoms with E-state index in [9.17, 15) is 4.79 Å². The summed E-state index contributed by atoms with van der Waals surface area (Å²) >= 11 is 0. The summed E-state index contributed by atoms with van der Waals surface area (Å²) in [7, 11) is 1.68. The van der Waals surface area contributed by atoms with E-state index in [1.54, 1.807) is 13.3 Å². The first-order chi connectivity index (χ1) is 12.2. The second-order valence-corrected chi connectivity index (χ2v) is 6.99. The number of hydrogen-bond acceptors (Lipinski definition) is 6. The number of amides is 1. The van der Waals surface area contributed by atoms with Crippen LogP contribution in [0.5, 0.6) is 0 Å². The maximum atomic E-state index is 12.8. The van der Waals surface area contributed by atoms with Crippen LogP contribution in [0.1, 0.15) is 52.4 Å². The van der Waals surface area contributed by atoms with E-state index in [2.05, 4.69) is 15.1 Å². The third-order valence-corrected chi connectivity index (χ3v) is 4.98. The minimum Gasteiger partial charge on any atom is -0.384 e. The molecule has 0 N–H and O–H groups in total. The molecule has 0 radical (unpaired) electrons. The number of pyridine rings is 1. The first-order valence-corrected chi connectivity index (χ1v) is 8.70. The van der Waals surface area contributed by atoms with Gasteiger partial charge in [-0.3, -0.25) is 9.78 Å². The zero-order chi connectivity index (χ0) is 17.4. The molecule has 0 unspecified atom stereocenters. The molecule has 3 heterocycles. The summed E-state index contributed by atoms with van der Waals surface area (Å²) in [6.45, 7) is 3.64. The molecule has 0 bridgehead atoms. The van der Waals surface area contributed by atoms with Crippen LogP contribution in [0.3, 0.4) is 0 Å². The summed E-state index contributed by atoms with van der Waals surface area (Å²) < 4.78 is 10.9. The number of likely N-dealkylation sites (tertiary alicyclic amines) is 1. The Bertz CT molecular complexity index is 754. The van der Waals surface area contributed by atoms with E-state index in [4.69, 9.17) is 9.26 Å². The summed E-state index contributed by atoms with van der Waals surface area (Å²) in [6.07, 6.45) is 3.90. The van der Waals surface area contributed by atoms with Crippen molar-refractivity contribution in [2.75, 3.05) is 26.8 Å². The van der Waals surface area contributed by atoms with E-state index in [0.29, 0.717) is 37.1 Å². The van der Waals surface area contributed by atoms with Gasteiger partial charge in [-0.1, -0.05) is 5.16 Å². The Balaban J connectivity index is 1.52. The van der Waals surface area contributed by atoms with Crippen molar-refractivity contribution in [3.05, 3.63) is 41.3 Å². The molecular formula is C18H22N4O3. The van der Waals surface area contributed by atoms with Crippen molar-refractivity contribution < 1.29 is 14.1 Å². The molecular weight excluding hydrogens is 320 g/mol. The van der Waals surface area contributed by atoms with E-state index in [1.165, 1.54) is 0 Å². The SMILES string of the molecule is COC[C@@H]1CN(C(=O)c2ccc(C)nc2)C[C@H]1c1nc(C2CC2)no1. The van der Waals surface area contributed by atoms with Crippen molar-refractivity contribution in [2.45, 2.75) is 31.6 Å². The number of aryl methyl sites for hydroxylation is 1. The van der Waals surface area contributed by atoms with E-state index >= 15 is 0 Å². The van der Waals surface area contributed by atoms with Crippen molar-refractivity contribution in [1.82, 2.24) is 20.0 Å². The van der Waals surface area contributed by atoms with Crippen LogP contribution < -0.4 is 0 Å².